The van der Waals surface area contributed by atoms with Gasteiger partial charge in [-0.2, -0.15) is 0 Å². The van der Waals surface area contributed by atoms with E-state index in [1.807, 2.05) is 71.9 Å². The lowest BCUT2D eigenvalue weighted by Crippen LogP contribution is -1.92. The third-order valence-electron chi connectivity index (χ3n) is 1.08. The highest BCUT2D eigenvalue weighted by Gasteiger charge is 1.78. The second-order valence-electron chi connectivity index (χ2n) is 1.82. The van der Waals surface area contributed by atoms with E-state index in [2.05, 4.69) is 10.6 Å². The summed E-state index contributed by atoms with van der Waals surface area (Å²) in [5, 5.41) is 0. The van der Waals surface area contributed by atoms with Crippen LogP contribution in [-0.4, -0.2) is 5.87 Å². The zero-order chi connectivity index (χ0) is 14.1. The molecule has 17 heavy (non-hydrogen) atoms. The molecule has 1 rings (SSSR count). The molecule has 0 unspecified atom stereocenters. The van der Waals surface area contributed by atoms with Crippen molar-refractivity contribution in [1.82, 2.24) is 0 Å². The van der Waals surface area contributed by atoms with E-state index in [9.17, 15) is 4.21 Å². The van der Waals surface area contributed by atoms with E-state index in [1.165, 1.54) is 0 Å². The van der Waals surface area contributed by atoms with Gasteiger partial charge in [0.05, 0.1) is 0 Å². The number of benzene rings is 1. The van der Waals surface area contributed by atoms with Gasteiger partial charge >= 0.3 is 0 Å². The lowest BCUT2D eigenvalue weighted by Gasteiger charge is -2.05. The molecule has 0 saturated carbocycles. The van der Waals surface area contributed by atoms with Crippen molar-refractivity contribution >= 4 is 31.0 Å². The summed E-state index contributed by atoms with van der Waals surface area (Å²) in [4.78, 5) is 0. The predicted octanol–water partition coefficient (Wildman–Crippen LogP) is 4.49. The number of hydrogen-bond donors (Lipinski definition) is 1. The highest BCUT2D eigenvalue weighted by Crippen LogP contribution is 2.03. The summed E-state index contributed by atoms with van der Waals surface area (Å²) in [5.41, 5.74) is 0.849. The summed E-state index contributed by atoms with van der Waals surface area (Å²) < 4.78 is 13.6. The Morgan fingerprint density at radius 3 is 1.76 bits per heavy atom. The van der Waals surface area contributed by atoms with Gasteiger partial charge in [0.2, 0.25) is 0 Å². The molecule has 0 bridgehead atoms. The molecule has 2 nitrogen and oxygen atoms in total. The van der Waals surface area contributed by atoms with E-state index in [4.69, 9.17) is 0 Å². The van der Waals surface area contributed by atoms with Crippen LogP contribution in [0.15, 0.2) is 30.3 Å². The molecule has 1 N–H and O–H groups in total. The summed E-state index contributed by atoms with van der Waals surface area (Å²) in [7, 11) is -0.0917. The zero-order valence-electron chi connectivity index (χ0n) is 11.8. The molecule has 4 heteroatoms. The highest BCUT2D eigenvalue weighted by atomic mass is 32.8. The van der Waals surface area contributed by atoms with E-state index in [-0.39, 0.29) is 0 Å². The van der Waals surface area contributed by atoms with Crippen LogP contribution >= 0.6 is 0 Å². The normalized spacial score (nSPS) is 7.24. The van der Waals surface area contributed by atoms with Gasteiger partial charge in [-0.15, -0.1) is 9.54 Å². The third-order valence-corrected chi connectivity index (χ3v) is 2.59. The van der Waals surface area contributed by atoms with Crippen LogP contribution < -0.4 is 4.72 Å². The van der Waals surface area contributed by atoms with Crippen molar-refractivity contribution < 1.29 is 4.21 Å². The SMILES string of the molecule is C=S=[S-](=O)Nc1ccccc1.CC.CC.CC. The second kappa shape index (κ2) is 20.6. The highest BCUT2D eigenvalue weighted by molar-refractivity contribution is 8.28. The third kappa shape index (κ3) is 15.3. The first kappa shape index (κ1) is 21.5. The Bertz CT molecular complexity index is 327. The van der Waals surface area contributed by atoms with Crippen molar-refractivity contribution in [1.29, 1.82) is 0 Å². The summed E-state index contributed by atoms with van der Waals surface area (Å²) in [6.45, 7) is 12.0. The number of hydrogen-bond acceptors (Lipinski definition) is 2. The molecule has 0 atom stereocenters. The van der Waals surface area contributed by atoms with Crippen LogP contribution in [0.25, 0.3) is 0 Å². The van der Waals surface area contributed by atoms with Gasteiger partial charge < -0.3 is 8.93 Å². The molecule has 0 fully saturated rings. The van der Waals surface area contributed by atoms with Crippen LogP contribution in [0.4, 0.5) is 5.69 Å². The first-order chi connectivity index (χ1) is 8.33. The molecule has 0 aromatic heterocycles. The van der Waals surface area contributed by atoms with Gasteiger partial charge in [0.15, 0.2) is 0 Å². The van der Waals surface area contributed by atoms with Crippen molar-refractivity contribution in [2.45, 2.75) is 41.5 Å². The average molecular weight is 276 g/mol. The molecule has 0 amide bonds. The number of para-hydroxylation sites is 1. The molecule has 0 aliphatic rings. The molecule has 0 heterocycles. The minimum absolute atomic E-state index is 0.849. The fourth-order valence-electron chi connectivity index (χ4n) is 0.632. The Morgan fingerprint density at radius 2 is 1.41 bits per heavy atom. The molecule has 0 radical (unpaired) electrons. The first-order valence-corrected chi connectivity index (χ1v) is 8.64. The van der Waals surface area contributed by atoms with Gasteiger partial charge in [-0.05, 0) is 12.1 Å². The minimum Gasteiger partial charge on any atom is -0.441 e. The van der Waals surface area contributed by atoms with Crippen LogP contribution in [0.2, 0.25) is 0 Å². The summed E-state index contributed by atoms with van der Waals surface area (Å²) in [6, 6.07) is 9.38. The first-order valence-electron chi connectivity index (χ1n) is 5.99. The van der Waals surface area contributed by atoms with E-state index in [0.717, 1.165) is 15.6 Å². The maximum absolute atomic E-state index is 10.9. The van der Waals surface area contributed by atoms with Crippen LogP contribution in [0.3, 0.4) is 0 Å². The number of anilines is 1. The fourth-order valence-corrected chi connectivity index (χ4v) is 1.48. The second-order valence-corrected chi connectivity index (χ2v) is 4.35. The standard InChI is InChI=1S/C7H8NOS2.3C2H6/c1-10-11(9)8-7-5-3-2-4-6-7;3*1-2/h2-6H,1H2,(H,8,9);3*1-2H3/q-1;;;. The molecule has 102 valence electrons. The zero-order valence-corrected chi connectivity index (χ0v) is 13.5. The quantitative estimate of drug-likeness (QED) is 0.626. The molecule has 1 aromatic carbocycles. The topological polar surface area (TPSA) is 29.1 Å². The maximum Gasteiger partial charge on any atom is 0.0176 e. The Hall–Kier alpha value is -0.740. The van der Waals surface area contributed by atoms with Crippen molar-refractivity contribution in [3.8, 4) is 0 Å². The van der Waals surface area contributed by atoms with Crippen molar-refractivity contribution in [2.24, 2.45) is 0 Å². The molecule has 0 aliphatic carbocycles. The summed E-state index contributed by atoms with van der Waals surface area (Å²) >= 11 is 0. The van der Waals surface area contributed by atoms with Crippen molar-refractivity contribution in [2.75, 3.05) is 4.72 Å². The lowest BCUT2D eigenvalue weighted by molar-refractivity contribution is 0.606. The average Bonchev–Trinajstić information content (AvgIpc) is 2.46. The van der Waals surface area contributed by atoms with Crippen LogP contribution in [0, 0.1) is 0 Å². The fraction of sp³-hybridized carbons (Fsp3) is 0.462. The molecule has 0 spiro atoms. The summed E-state index contributed by atoms with van der Waals surface area (Å²) in [6.07, 6.45) is 0. The Labute approximate surface area is 112 Å². The molecule has 0 aliphatic heterocycles. The van der Waals surface area contributed by atoms with Gasteiger partial charge in [0.1, 0.15) is 0 Å². The van der Waals surface area contributed by atoms with Crippen LogP contribution in [-0.2, 0) is 23.7 Å². The van der Waals surface area contributed by atoms with Crippen molar-refractivity contribution in [3.05, 3.63) is 30.3 Å². The molecular formula is C13H26NOS2-. The number of nitrogens with one attached hydrogen (secondary N) is 1. The largest absolute Gasteiger partial charge is 0.441 e. The van der Waals surface area contributed by atoms with E-state index >= 15 is 0 Å². The van der Waals surface area contributed by atoms with E-state index in [0.29, 0.717) is 0 Å². The monoisotopic (exact) mass is 276 g/mol. The van der Waals surface area contributed by atoms with Gasteiger partial charge in [-0.25, -0.2) is 0 Å². The van der Waals surface area contributed by atoms with Crippen LogP contribution in [0.1, 0.15) is 41.5 Å². The molecular weight excluding hydrogens is 250 g/mol. The lowest BCUT2D eigenvalue weighted by atomic mass is 10.3. The van der Waals surface area contributed by atoms with Crippen molar-refractivity contribution in [3.63, 3.8) is 0 Å². The van der Waals surface area contributed by atoms with Gasteiger partial charge in [-0.3, -0.25) is 9.91 Å². The Balaban J connectivity index is -0.000000285. The van der Waals surface area contributed by atoms with Crippen LogP contribution in [0.5, 0.6) is 0 Å². The van der Waals surface area contributed by atoms with Gasteiger partial charge in [0.25, 0.3) is 0 Å². The Morgan fingerprint density at radius 1 is 1.00 bits per heavy atom. The van der Waals surface area contributed by atoms with Gasteiger partial charge in [0, 0.05) is 5.69 Å². The van der Waals surface area contributed by atoms with Gasteiger partial charge in [-0.1, -0.05) is 65.6 Å². The van der Waals surface area contributed by atoms with E-state index < -0.39 is 9.54 Å². The molecule has 1 aromatic rings. The number of rotatable bonds is 2. The van der Waals surface area contributed by atoms with E-state index in [1.54, 1.807) is 0 Å². The maximum atomic E-state index is 10.9. The summed E-state index contributed by atoms with van der Waals surface area (Å²) in [5.74, 6) is 3.44. The minimum atomic E-state index is -1.12. The smallest absolute Gasteiger partial charge is 0.0176 e. The predicted molar refractivity (Wildman–Crippen MR) is 86.6 cm³/mol. The molecule has 0 saturated heterocycles. The Kier molecular flexibility index (Phi) is 26.2.